The van der Waals surface area contributed by atoms with Gasteiger partial charge in [0.1, 0.15) is 5.69 Å². The number of carbonyl (C=O) groups excluding carboxylic acids is 2. The Morgan fingerprint density at radius 1 is 1.59 bits per heavy atom. The van der Waals surface area contributed by atoms with Crippen molar-refractivity contribution in [2.75, 3.05) is 13.2 Å². The van der Waals surface area contributed by atoms with Crippen LogP contribution in [0.5, 0.6) is 0 Å². The van der Waals surface area contributed by atoms with Crippen LogP contribution in [0, 0.1) is 6.07 Å². The van der Waals surface area contributed by atoms with Crippen molar-refractivity contribution < 1.29 is 14.3 Å². The van der Waals surface area contributed by atoms with E-state index in [0.717, 1.165) is 0 Å². The van der Waals surface area contributed by atoms with Gasteiger partial charge in [0, 0.05) is 12.3 Å². The van der Waals surface area contributed by atoms with Gasteiger partial charge in [-0.15, -0.1) is 0 Å². The molecular weight excluding hydrogens is 222 g/mol. The number of nitrogens with two attached hydrogens (primary N) is 1. The minimum absolute atomic E-state index is 0.0485. The lowest BCUT2D eigenvalue weighted by molar-refractivity contribution is -0.0593. The fraction of sp³-hybridized carbons (Fsp3) is 0.364. The third-order valence-electron chi connectivity index (χ3n) is 2.43. The summed E-state index contributed by atoms with van der Waals surface area (Å²) in [6.45, 7) is 2.84. The SMILES string of the molecule is CC1(NC(=O)c2[c]c(C(N)=O)ncc2)COC1. The van der Waals surface area contributed by atoms with Crippen LogP contribution >= 0.6 is 0 Å². The molecule has 1 aromatic rings. The molecule has 1 fully saturated rings. The fourth-order valence-electron chi connectivity index (χ4n) is 1.47. The van der Waals surface area contributed by atoms with E-state index in [4.69, 9.17) is 10.5 Å². The van der Waals surface area contributed by atoms with Gasteiger partial charge in [-0.25, -0.2) is 0 Å². The van der Waals surface area contributed by atoms with Crippen molar-refractivity contribution in [1.29, 1.82) is 0 Å². The van der Waals surface area contributed by atoms with Crippen molar-refractivity contribution in [2.24, 2.45) is 5.73 Å². The fourth-order valence-corrected chi connectivity index (χ4v) is 1.47. The molecule has 0 unspecified atom stereocenters. The molecule has 1 aromatic heterocycles. The lowest BCUT2D eigenvalue weighted by Gasteiger charge is -2.38. The topological polar surface area (TPSA) is 94.3 Å². The molecule has 2 amide bonds. The average Bonchev–Trinajstić information content (AvgIpc) is 2.27. The van der Waals surface area contributed by atoms with Gasteiger partial charge in [0.25, 0.3) is 11.8 Å². The molecule has 1 aliphatic heterocycles. The van der Waals surface area contributed by atoms with Crippen molar-refractivity contribution in [1.82, 2.24) is 10.3 Å². The van der Waals surface area contributed by atoms with Crippen molar-refractivity contribution >= 4 is 11.8 Å². The van der Waals surface area contributed by atoms with Gasteiger partial charge in [0.05, 0.1) is 24.3 Å². The highest BCUT2D eigenvalue weighted by atomic mass is 16.5. The van der Waals surface area contributed by atoms with Crippen LogP contribution < -0.4 is 11.1 Å². The molecule has 17 heavy (non-hydrogen) atoms. The summed E-state index contributed by atoms with van der Waals surface area (Å²) in [5.74, 6) is -1.03. The molecule has 6 nitrogen and oxygen atoms in total. The van der Waals surface area contributed by atoms with E-state index in [0.29, 0.717) is 13.2 Å². The number of amides is 2. The van der Waals surface area contributed by atoms with Crippen LogP contribution in [0.15, 0.2) is 12.3 Å². The number of aromatic nitrogens is 1. The van der Waals surface area contributed by atoms with E-state index in [9.17, 15) is 9.59 Å². The zero-order valence-electron chi connectivity index (χ0n) is 9.32. The molecule has 0 saturated carbocycles. The highest BCUT2D eigenvalue weighted by molar-refractivity contribution is 5.97. The van der Waals surface area contributed by atoms with Gasteiger partial charge in [-0.1, -0.05) is 0 Å². The number of primary amides is 1. The molecular formula is C11H12N3O3. The largest absolute Gasteiger partial charge is 0.376 e. The van der Waals surface area contributed by atoms with E-state index in [1.165, 1.54) is 12.3 Å². The van der Waals surface area contributed by atoms with E-state index >= 15 is 0 Å². The molecule has 0 bridgehead atoms. The smallest absolute Gasteiger partial charge is 0.267 e. The number of nitrogens with zero attached hydrogens (tertiary/aromatic N) is 1. The molecule has 1 radical (unpaired) electrons. The first-order valence-corrected chi connectivity index (χ1v) is 5.09. The van der Waals surface area contributed by atoms with E-state index in [1.807, 2.05) is 6.92 Å². The zero-order chi connectivity index (χ0) is 12.5. The van der Waals surface area contributed by atoms with Gasteiger partial charge in [-0.05, 0) is 13.0 Å². The Bertz CT molecular complexity index is 469. The third-order valence-corrected chi connectivity index (χ3v) is 2.43. The quantitative estimate of drug-likeness (QED) is 0.737. The number of hydrogen-bond donors (Lipinski definition) is 2. The Hall–Kier alpha value is -1.95. The predicted octanol–water partition coefficient (Wildman–Crippen LogP) is -0.501. The summed E-state index contributed by atoms with van der Waals surface area (Å²) >= 11 is 0. The third kappa shape index (κ3) is 2.42. The Morgan fingerprint density at radius 2 is 2.29 bits per heavy atom. The van der Waals surface area contributed by atoms with Gasteiger partial charge in [0.15, 0.2) is 0 Å². The van der Waals surface area contributed by atoms with Gasteiger partial charge >= 0.3 is 0 Å². The summed E-state index contributed by atoms with van der Waals surface area (Å²) in [6, 6.07) is 4.05. The van der Waals surface area contributed by atoms with E-state index in [2.05, 4.69) is 16.4 Å². The summed E-state index contributed by atoms with van der Waals surface area (Å²) < 4.78 is 5.03. The summed E-state index contributed by atoms with van der Waals surface area (Å²) in [5.41, 5.74) is 4.91. The first kappa shape index (κ1) is 11.5. The lowest BCUT2D eigenvalue weighted by atomic mass is 10.00. The molecule has 0 spiro atoms. The second kappa shape index (κ2) is 4.14. The molecule has 1 saturated heterocycles. The number of hydrogen-bond acceptors (Lipinski definition) is 4. The van der Waals surface area contributed by atoms with Crippen LogP contribution in [0.4, 0.5) is 0 Å². The number of ether oxygens (including phenoxy) is 1. The monoisotopic (exact) mass is 234 g/mol. The van der Waals surface area contributed by atoms with E-state index in [1.54, 1.807) is 0 Å². The Balaban J connectivity index is 2.13. The Kier molecular flexibility index (Phi) is 2.81. The van der Waals surface area contributed by atoms with Crippen LogP contribution in [-0.2, 0) is 4.74 Å². The van der Waals surface area contributed by atoms with Crippen LogP contribution in [0.25, 0.3) is 0 Å². The summed E-state index contributed by atoms with van der Waals surface area (Å²) in [7, 11) is 0. The molecule has 2 rings (SSSR count). The van der Waals surface area contributed by atoms with E-state index < -0.39 is 5.91 Å². The molecule has 2 heterocycles. The molecule has 1 aliphatic rings. The van der Waals surface area contributed by atoms with Gasteiger partial charge in [0.2, 0.25) is 0 Å². The summed E-state index contributed by atoms with van der Waals surface area (Å²) in [6.07, 6.45) is 1.35. The molecule has 6 heteroatoms. The van der Waals surface area contributed by atoms with Crippen molar-refractivity contribution in [3.8, 4) is 0 Å². The standard InChI is InChI=1S/C11H12N3O3/c1-11(5-17-6-11)14-10(16)7-2-3-13-8(4-7)9(12)15/h2-3H,5-6H2,1H3,(H2,12,15)(H,14,16). The van der Waals surface area contributed by atoms with Crippen LogP contribution in [-0.4, -0.2) is 35.6 Å². The minimum atomic E-state index is -0.710. The molecule has 3 N–H and O–H groups in total. The zero-order valence-corrected chi connectivity index (χ0v) is 9.32. The predicted molar refractivity (Wildman–Crippen MR) is 58.3 cm³/mol. The number of nitrogens with one attached hydrogen (secondary N) is 1. The van der Waals surface area contributed by atoms with Crippen LogP contribution in [0.2, 0.25) is 0 Å². The summed E-state index contributed by atoms with van der Waals surface area (Å²) in [5, 5.41) is 2.80. The van der Waals surface area contributed by atoms with Crippen molar-refractivity contribution in [3.63, 3.8) is 0 Å². The Labute approximate surface area is 98.2 Å². The maximum atomic E-state index is 11.9. The minimum Gasteiger partial charge on any atom is -0.376 e. The molecule has 0 aliphatic carbocycles. The van der Waals surface area contributed by atoms with Gasteiger partial charge < -0.3 is 15.8 Å². The Morgan fingerprint density at radius 3 is 2.82 bits per heavy atom. The first-order chi connectivity index (χ1) is 8.00. The van der Waals surface area contributed by atoms with Crippen LogP contribution in [0.3, 0.4) is 0 Å². The van der Waals surface area contributed by atoms with E-state index in [-0.39, 0.29) is 22.7 Å². The first-order valence-electron chi connectivity index (χ1n) is 5.09. The van der Waals surface area contributed by atoms with Crippen LogP contribution in [0.1, 0.15) is 27.8 Å². The average molecular weight is 234 g/mol. The molecule has 0 atom stereocenters. The highest BCUT2D eigenvalue weighted by Gasteiger charge is 2.35. The molecule has 89 valence electrons. The van der Waals surface area contributed by atoms with Crippen molar-refractivity contribution in [3.05, 3.63) is 29.6 Å². The normalized spacial score (nSPS) is 17.0. The van der Waals surface area contributed by atoms with Gasteiger partial charge in [-0.2, -0.15) is 0 Å². The highest BCUT2D eigenvalue weighted by Crippen LogP contribution is 2.16. The number of pyridine rings is 1. The second-order valence-electron chi connectivity index (χ2n) is 4.20. The van der Waals surface area contributed by atoms with Gasteiger partial charge in [-0.3, -0.25) is 14.6 Å². The maximum absolute atomic E-state index is 11.9. The molecule has 0 aromatic carbocycles. The summed E-state index contributed by atoms with van der Waals surface area (Å²) in [4.78, 5) is 26.5. The number of rotatable bonds is 3. The maximum Gasteiger partial charge on any atom is 0.267 e. The van der Waals surface area contributed by atoms with Crippen molar-refractivity contribution in [2.45, 2.75) is 12.5 Å². The number of carbonyl (C=O) groups is 2. The second-order valence-corrected chi connectivity index (χ2v) is 4.20. The lowest BCUT2D eigenvalue weighted by Crippen LogP contribution is -2.59.